The lowest BCUT2D eigenvalue weighted by Gasteiger charge is -2.36. The molecule has 0 N–H and O–H groups in total. The minimum atomic E-state index is 0.102. The number of nitrogens with zero attached hydrogens (tertiary/aromatic N) is 2. The Morgan fingerprint density at radius 2 is 2.00 bits per heavy atom. The fourth-order valence-electron chi connectivity index (χ4n) is 4.16. The van der Waals surface area contributed by atoms with Gasteiger partial charge in [0.25, 0.3) is 0 Å². The van der Waals surface area contributed by atoms with Crippen molar-refractivity contribution in [2.24, 2.45) is 5.92 Å². The Hall–Kier alpha value is -1.13. The second-order valence-corrected chi connectivity index (χ2v) is 8.04. The molecule has 0 unspecified atom stereocenters. The fraction of sp³-hybridized carbons (Fsp3) is 0.762. The van der Waals surface area contributed by atoms with Crippen molar-refractivity contribution in [1.82, 2.24) is 9.80 Å². The molecule has 3 rings (SSSR count). The van der Waals surface area contributed by atoms with Gasteiger partial charge in [0.05, 0.1) is 12.7 Å². The summed E-state index contributed by atoms with van der Waals surface area (Å²) in [4.78, 5) is 16.7. The van der Waals surface area contributed by atoms with Crippen LogP contribution in [0.3, 0.4) is 0 Å². The molecule has 0 bridgehead atoms. The van der Waals surface area contributed by atoms with Gasteiger partial charge < -0.3 is 9.64 Å². The molecule has 0 radical (unpaired) electrons. The lowest BCUT2D eigenvalue weighted by molar-refractivity contribution is -0.137. The average molecular weight is 347 g/mol. The van der Waals surface area contributed by atoms with Crippen LogP contribution in [0.25, 0.3) is 0 Å². The molecular formula is C21H34N2O2. The first-order valence-corrected chi connectivity index (χ1v) is 10.1. The van der Waals surface area contributed by atoms with Gasteiger partial charge >= 0.3 is 0 Å². The second kappa shape index (κ2) is 9.00. The molecule has 1 atom stereocenters. The van der Waals surface area contributed by atoms with Crippen LogP contribution in [0.1, 0.15) is 52.4 Å². The van der Waals surface area contributed by atoms with E-state index in [1.165, 1.54) is 31.4 Å². The molecule has 0 aromatic heterocycles. The van der Waals surface area contributed by atoms with E-state index in [-0.39, 0.29) is 11.8 Å². The second-order valence-electron chi connectivity index (χ2n) is 8.04. The normalized spacial score (nSPS) is 26.1. The van der Waals surface area contributed by atoms with E-state index in [0.29, 0.717) is 12.1 Å². The van der Waals surface area contributed by atoms with Crippen molar-refractivity contribution in [1.29, 1.82) is 0 Å². The zero-order valence-electron chi connectivity index (χ0n) is 16.0. The first kappa shape index (κ1) is 18.7. The summed E-state index contributed by atoms with van der Waals surface area (Å²) in [5.41, 5.74) is 1.44. The monoisotopic (exact) mass is 346 g/mol. The molecule has 0 aromatic carbocycles. The van der Waals surface area contributed by atoms with Gasteiger partial charge in [-0.25, -0.2) is 0 Å². The van der Waals surface area contributed by atoms with Crippen LogP contribution >= 0.6 is 0 Å². The van der Waals surface area contributed by atoms with Gasteiger partial charge in [0.1, 0.15) is 0 Å². The molecule has 1 aliphatic carbocycles. The number of amides is 1. The maximum absolute atomic E-state index is 12.1. The Morgan fingerprint density at radius 3 is 2.68 bits per heavy atom. The van der Waals surface area contributed by atoms with Crippen molar-refractivity contribution in [2.75, 3.05) is 32.8 Å². The number of hydrogen-bond acceptors (Lipinski definition) is 3. The van der Waals surface area contributed by atoms with Crippen molar-refractivity contribution < 1.29 is 9.53 Å². The van der Waals surface area contributed by atoms with Gasteiger partial charge in [0.2, 0.25) is 5.91 Å². The summed E-state index contributed by atoms with van der Waals surface area (Å²) in [6.45, 7) is 8.64. The summed E-state index contributed by atoms with van der Waals surface area (Å²) in [6, 6.07) is 0.628. The van der Waals surface area contributed by atoms with Gasteiger partial charge in [-0.1, -0.05) is 32.1 Å². The molecule has 1 fully saturated rings. The van der Waals surface area contributed by atoms with E-state index in [2.05, 4.69) is 23.1 Å². The van der Waals surface area contributed by atoms with E-state index >= 15 is 0 Å². The Morgan fingerprint density at radius 1 is 1.20 bits per heavy atom. The third kappa shape index (κ3) is 5.18. The van der Waals surface area contributed by atoms with Gasteiger partial charge in [0.15, 0.2) is 0 Å². The molecule has 0 saturated carbocycles. The number of carbonyl (C=O) groups is 1. The lowest BCUT2D eigenvalue weighted by Crippen LogP contribution is -2.43. The fourth-order valence-corrected chi connectivity index (χ4v) is 4.16. The summed E-state index contributed by atoms with van der Waals surface area (Å²) in [7, 11) is 0. The summed E-state index contributed by atoms with van der Waals surface area (Å²) in [5, 5.41) is 0. The van der Waals surface area contributed by atoms with Gasteiger partial charge in [-0.3, -0.25) is 9.69 Å². The standard InChI is InChI=1S/C21H34N2O2/c1-17(2)21(24)22-13-10-20(11-14-22)25-16-18-7-6-12-23(15-18)19-8-4-3-5-9-19/h4,7-8,17,19-20H,3,5-6,9-16H2,1-2H3/t19-/m0/s1. The first-order valence-electron chi connectivity index (χ1n) is 10.1. The Labute approximate surface area is 152 Å². The Kier molecular flexibility index (Phi) is 6.71. The van der Waals surface area contributed by atoms with E-state index < -0.39 is 0 Å². The van der Waals surface area contributed by atoms with Crippen LogP contribution in [0.4, 0.5) is 0 Å². The average Bonchev–Trinajstić information content (AvgIpc) is 2.67. The maximum Gasteiger partial charge on any atom is 0.225 e. The quantitative estimate of drug-likeness (QED) is 0.715. The van der Waals surface area contributed by atoms with E-state index in [4.69, 9.17) is 4.74 Å². The van der Waals surface area contributed by atoms with Crippen LogP contribution in [-0.2, 0) is 9.53 Å². The SMILES string of the molecule is CC(C)C(=O)N1CCC(OCC2=CCCN([C@H]3C=CCCC3)C2)CC1. The number of hydrogen-bond donors (Lipinski definition) is 0. The number of likely N-dealkylation sites (tertiary alicyclic amines) is 1. The summed E-state index contributed by atoms with van der Waals surface area (Å²) < 4.78 is 6.20. The van der Waals surface area contributed by atoms with Crippen LogP contribution < -0.4 is 0 Å². The zero-order chi connectivity index (χ0) is 17.6. The summed E-state index contributed by atoms with van der Waals surface area (Å²) in [5.74, 6) is 0.384. The molecule has 0 spiro atoms. The number of piperidine rings is 1. The molecule has 1 saturated heterocycles. The zero-order valence-corrected chi connectivity index (χ0v) is 16.0. The van der Waals surface area contributed by atoms with Gasteiger partial charge in [0, 0.05) is 38.1 Å². The van der Waals surface area contributed by atoms with E-state index in [0.717, 1.165) is 45.5 Å². The van der Waals surface area contributed by atoms with Crippen LogP contribution in [0.15, 0.2) is 23.8 Å². The van der Waals surface area contributed by atoms with Crippen molar-refractivity contribution in [3.05, 3.63) is 23.8 Å². The lowest BCUT2D eigenvalue weighted by atomic mass is 9.99. The van der Waals surface area contributed by atoms with Crippen molar-refractivity contribution >= 4 is 5.91 Å². The third-order valence-corrected chi connectivity index (χ3v) is 5.71. The number of ether oxygens (including phenoxy) is 1. The van der Waals surface area contributed by atoms with Crippen LogP contribution in [0.5, 0.6) is 0 Å². The Bertz CT molecular complexity index is 504. The highest BCUT2D eigenvalue weighted by Crippen LogP contribution is 2.22. The smallest absolute Gasteiger partial charge is 0.225 e. The minimum absolute atomic E-state index is 0.102. The maximum atomic E-state index is 12.1. The predicted octanol–water partition coefficient (Wildman–Crippen LogP) is 3.39. The molecular weight excluding hydrogens is 312 g/mol. The molecule has 2 heterocycles. The van der Waals surface area contributed by atoms with Crippen LogP contribution in [-0.4, -0.2) is 60.6 Å². The molecule has 1 amide bonds. The van der Waals surface area contributed by atoms with Crippen molar-refractivity contribution in [2.45, 2.75) is 64.5 Å². The highest BCUT2D eigenvalue weighted by atomic mass is 16.5. The topological polar surface area (TPSA) is 32.8 Å². The minimum Gasteiger partial charge on any atom is -0.374 e. The molecule has 3 aliphatic rings. The summed E-state index contributed by atoms with van der Waals surface area (Å²) in [6.07, 6.45) is 14.4. The summed E-state index contributed by atoms with van der Waals surface area (Å²) >= 11 is 0. The number of allylic oxidation sites excluding steroid dienone is 1. The van der Waals surface area contributed by atoms with E-state index in [9.17, 15) is 4.79 Å². The highest BCUT2D eigenvalue weighted by Gasteiger charge is 2.26. The van der Waals surface area contributed by atoms with Gasteiger partial charge in [-0.15, -0.1) is 0 Å². The number of carbonyl (C=O) groups excluding carboxylic acids is 1. The van der Waals surface area contributed by atoms with Gasteiger partial charge in [-0.05, 0) is 44.1 Å². The Balaban J connectivity index is 1.40. The first-order chi connectivity index (χ1) is 12.1. The van der Waals surface area contributed by atoms with Crippen molar-refractivity contribution in [3.63, 3.8) is 0 Å². The largest absolute Gasteiger partial charge is 0.374 e. The van der Waals surface area contributed by atoms with E-state index in [1.807, 2.05) is 18.7 Å². The molecule has 25 heavy (non-hydrogen) atoms. The molecule has 0 aromatic rings. The van der Waals surface area contributed by atoms with E-state index in [1.54, 1.807) is 0 Å². The molecule has 4 heteroatoms. The molecule has 4 nitrogen and oxygen atoms in total. The number of rotatable bonds is 5. The van der Waals surface area contributed by atoms with Gasteiger partial charge in [-0.2, -0.15) is 0 Å². The molecule has 140 valence electrons. The van der Waals surface area contributed by atoms with Crippen molar-refractivity contribution in [3.8, 4) is 0 Å². The molecule has 2 aliphatic heterocycles. The third-order valence-electron chi connectivity index (χ3n) is 5.71. The highest BCUT2D eigenvalue weighted by molar-refractivity contribution is 5.78. The van der Waals surface area contributed by atoms with Crippen LogP contribution in [0.2, 0.25) is 0 Å². The van der Waals surface area contributed by atoms with Crippen LogP contribution in [0, 0.1) is 5.92 Å². The predicted molar refractivity (Wildman–Crippen MR) is 101 cm³/mol.